The van der Waals surface area contributed by atoms with Crippen LogP contribution in [0.1, 0.15) is 27.3 Å². The van der Waals surface area contributed by atoms with Gasteiger partial charge in [-0.15, -0.1) is 27.8 Å². The molecule has 0 radical (unpaired) electrons. The molecule has 1 aliphatic heterocycles. The standard InChI is InChI=1S/C19H17N5O2S2/c1-12-20-14(11-28-12)19(25)23-6-7-26-16(10-23)18-15-5-4-13(9-24(15)22-21-18)17-3-2-8-27-17/h2-5,8-9,11,16H,6-7,10H2,1H3/t16-/m1/s1. The lowest BCUT2D eigenvalue weighted by molar-refractivity contribution is -0.0242. The molecule has 0 bridgehead atoms. The van der Waals surface area contributed by atoms with Crippen LogP contribution < -0.4 is 0 Å². The minimum atomic E-state index is -0.303. The van der Waals surface area contributed by atoms with Crippen molar-refractivity contribution in [3.8, 4) is 10.4 Å². The van der Waals surface area contributed by atoms with E-state index in [1.165, 1.54) is 16.2 Å². The Morgan fingerprint density at radius 1 is 1.29 bits per heavy atom. The molecule has 1 amide bonds. The zero-order valence-electron chi connectivity index (χ0n) is 15.1. The second kappa shape index (κ2) is 7.08. The molecule has 28 heavy (non-hydrogen) atoms. The number of pyridine rings is 1. The molecule has 4 aromatic heterocycles. The summed E-state index contributed by atoms with van der Waals surface area (Å²) in [6, 6.07) is 8.19. The molecular formula is C19H17N5O2S2. The predicted molar refractivity (Wildman–Crippen MR) is 108 cm³/mol. The van der Waals surface area contributed by atoms with Gasteiger partial charge in [0.05, 0.1) is 23.7 Å². The van der Waals surface area contributed by atoms with Crippen LogP contribution in [0.3, 0.4) is 0 Å². The van der Waals surface area contributed by atoms with E-state index in [0.717, 1.165) is 21.8 Å². The van der Waals surface area contributed by atoms with Crippen molar-refractivity contribution in [1.29, 1.82) is 0 Å². The Morgan fingerprint density at radius 3 is 3.00 bits per heavy atom. The molecule has 5 rings (SSSR count). The van der Waals surface area contributed by atoms with Gasteiger partial charge in [-0.1, -0.05) is 11.3 Å². The Morgan fingerprint density at radius 2 is 2.21 bits per heavy atom. The van der Waals surface area contributed by atoms with Crippen molar-refractivity contribution in [2.75, 3.05) is 19.7 Å². The van der Waals surface area contributed by atoms with Crippen LogP contribution in [0.25, 0.3) is 16.0 Å². The van der Waals surface area contributed by atoms with E-state index in [4.69, 9.17) is 4.74 Å². The van der Waals surface area contributed by atoms with Crippen molar-refractivity contribution in [2.45, 2.75) is 13.0 Å². The molecule has 0 spiro atoms. The number of thiophene rings is 1. The molecule has 9 heteroatoms. The summed E-state index contributed by atoms with van der Waals surface area (Å²) in [6.07, 6.45) is 1.67. The van der Waals surface area contributed by atoms with Crippen LogP contribution in [0.4, 0.5) is 0 Å². The van der Waals surface area contributed by atoms with E-state index in [1.807, 2.05) is 30.6 Å². The minimum absolute atomic E-state index is 0.0610. The van der Waals surface area contributed by atoms with Gasteiger partial charge in [-0.05, 0) is 30.5 Å². The second-order valence-electron chi connectivity index (χ2n) is 6.56. The highest BCUT2D eigenvalue weighted by molar-refractivity contribution is 7.13. The fraction of sp³-hybridized carbons (Fsp3) is 0.263. The van der Waals surface area contributed by atoms with Crippen molar-refractivity contribution in [1.82, 2.24) is 24.7 Å². The third kappa shape index (κ3) is 3.11. The Hall–Kier alpha value is -2.62. The molecule has 1 saturated heterocycles. The van der Waals surface area contributed by atoms with E-state index in [1.54, 1.807) is 20.8 Å². The predicted octanol–water partition coefficient (Wildman–Crippen LogP) is 3.44. The minimum Gasteiger partial charge on any atom is -0.368 e. The van der Waals surface area contributed by atoms with Crippen molar-refractivity contribution < 1.29 is 9.53 Å². The van der Waals surface area contributed by atoms with Crippen molar-refractivity contribution in [3.05, 3.63) is 57.6 Å². The zero-order valence-corrected chi connectivity index (χ0v) is 16.7. The highest BCUT2D eigenvalue weighted by Crippen LogP contribution is 2.29. The lowest BCUT2D eigenvalue weighted by Crippen LogP contribution is -2.42. The van der Waals surface area contributed by atoms with Crippen LogP contribution in [0.2, 0.25) is 0 Å². The maximum atomic E-state index is 12.7. The summed E-state index contributed by atoms with van der Waals surface area (Å²) in [5.74, 6) is -0.0610. The number of rotatable bonds is 3. The lowest BCUT2D eigenvalue weighted by atomic mass is 10.1. The molecule has 5 heterocycles. The number of morpholine rings is 1. The zero-order chi connectivity index (χ0) is 19.1. The molecule has 1 atom stereocenters. The number of aromatic nitrogens is 4. The summed E-state index contributed by atoms with van der Waals surface area (Å²) < 4.78 is 7.71. The summed E-state index contributed by atoms with van der Waals surface area (Å²) in [7, 11) is 0. The lowest BCUT2D eigenvalue weighted by Gasteiger charge is -2.31. The van der Waals surface area contributed by atoms with Crippen LogP contribution >= 0.6 is 22.7 Å². The van der Waals surface area contributed by atoms with E-state index in [-0.39, 0.29) is 12.0 Å². The molecule has 4 aromatic rings. The van der Waals surface area contributed by atoms with Gasteiger partial charge in [0.15, 0.2) is 0 Å². The number of thiazole rings is 1. The smallest absolute Gasteiger partial charge is 0.273 e. The average molecular weight is 412 g/mol. The fourth-order valence-electron chi connectivity index (χ4n) is 3.35. The van der Waals surface area contributed by atoms with E-state index in [9.17, 15) is 4.79 Å². The van der Waals surface area contributed by atoms with Gasteiger partial charge in [0.2, 0.25) is 0 Å². The van der Waals surface area contributed by atoms with Gasteiger partial charge in [0, 0.05) is 28.6 Å². The maximum Gasteiger partial charge on any atom is 0.273 e. The van der Waals surface area contributed by atoms with Gasteiger partial charge in [0.25, 0.3) is 5.91 Å². The number of ether oxygens (including phenoxy) is 1. The fourth-order valence-corrected chi connectivity index (χ4v) is 4.66. The number of amides is 1. The van der Waals surface area contributed by atoms with Crippen molar-refractivity contribution in [3.63, 3.8) is 0 Å². The Kier molecular flexibility index (Phi) is 4.42. The van der Waals surface area contributed by atoms with Gasteiger partial charge < -0.3 is 9.64 Å². The molecular weight excluding hydrogens is 394 g/mol. The number of carbonyl (C=O) groups is 1. The SMILES string of the molecule is Cc1nc(C(=O)N2CCO[C@@H](c3nnn4cc(-c5cccs5)ccc34)C2)cs1. The Bertz CT molecular complexity index is 1130. The Labute approximate surface area is 169 Å². The third-order valence-corrected chi connectivity index (χ3v) is 6.44. The summed E-state index contributed by atoms with van der Waals surface area (Å²) in [5, 5.41) is 13.4. The van der Waals surface area contributed by atoms with Crippen LogP contribution in [0.5, 0.6) is 0 Å². The topological polar surface area (TPSA) is 72.6 Å². The average Bonchev–Trinajstić information content (AvgIpc) is 3.47. The van der Waals surface area contributed by atoms with Crippen molar-refractivity contribution in [2.24, 2.45) is 0 Å². The molecule has 0 saturated carbocycles. The van der Waals surface area contributed by atoms with Gasteiger partial charge in [-0.3, -0.25) is 4.79 Å². The molecule has 7 nitrogen and oxygen atoms in total. The van der Waals surface area contributed by atoms with Gasteiger partial charge in [-0.25, -0.2) is 9.50 Å². The molecule has 0 N–H and O–H groups in total. The van der Waals surface area contributed by atoms with Gasteiger partial charge in [0.1, 0.15) is 17.5 Å². The molecule has 142 valence electrons. The summed E-state index contributed by atoms with van der Waals surface area (Å²) >= 11 is 3.17. The first-order valence-electron chi connectivity index (χ1n) is 8.91. The van der Waals surface area contributed by atoms with Crippen LogP contribution in [0, 0.1) is 6.92 Å². The molecule has 1 aliphatic rings. The quantitative estimate of drug-likeness (QED) is 0.516. The number of nitrogens with zero attached hydrogens (tertiary/aromatic N) is 5. The number of hydrogen-bond acceptors (Lipinski definition) is 7. The van der Waals surface area contributed by atoms with Crippen molar-refractivity contribution >= 4 is 34.1 Å². The van der Waals surface area contributed by atoms with Gasteiger partial charge >= 0.3 is 0 Å². The number of hydrogen-bond donors (Lipinski definition) is 0. The molecule has 0 unspecified atom stereocenters. The van der Waals surface area contributed by atoms with Crippen LogP contribution in [-0.2, 0) is 4.74 Å². The van der Waals surface area contributed by atoms with Crippen LogP contribution in [0.15, 0.2) is 41.2 Å². The first kappa shape index (κ1) is 17.5. The van der Waals surface area contributed by atoms with E-state index >= 15 is 0 Å². The summed E-state index contributed by atoms with van der Waals surface area (Å²) in [5.41, 5.74) is 3.24. The second-order valence-corrected chi connectivity index (χ2v) is 8.57. The molecule has 0 aliphatic carbocycles. The number of aryl methyl sites for hydroxylation is 1. The third-order valence-electron chi connectivity index (χ3n) is 4.74. The number of fused-ring (bicyclic) bond motifs is 1. The summed E-state index contributed by atoms with van der Waals surface area (Å²) in [6.45, 7) is 3.35. The molecule has 1 fully saturated rings. The molecule has 0 aromatic carbocycles. The first-order chi connectivity index (χ1) is 13.7. The monoisotopic (exact) mass is 411 g/mol. The highest BCUT2D eigenvalue weighted by Gasteiger charge is 2.30. The highest BCUT2D eigenvalue weighted by atomic mass is 32.1. The van der Waals surface area contributed by atoms with E-state index in [0.29, 0.717) is 25.4 Å². The Balaban J connectivity index is 1.41. The van der Waals surface area contributed by atoms with Gasteiger partial charge in [-0.2, -0.15) is 0 Å². The largest absolute Gasteiger partial charge is 0.368 e. The van der Waals surface area contributed by atoms with Crippen LogP contribution in [-0.4, -0.2) is 50.3 Å². The maximum absolute atomic E-state index is 12.7. The van der Waals surface area contributed by atoms with E-state index in [2.05, 4.69) is 32.8 Å². The summed E-state index contributed by atoms with van der Waals surface area (Å²) in [4.78, 5) is 20.0. The van der Waals surface area contributed by atoms with E-state index < -0.39 is 0 Å². The first-order valence-corrected chi connectivity index (χ1v) is 10.7. The number of carbonyl (C=O) groups excluding carboxylic acids is 1. The normalized spacial score (nSPS) is 17.3.